The van der Waals surface area contributed by atoms with Crippen LogP contribution in [0.5, 0.6) is 0 Å². The fourth-order valence-electron chi connectivity index (χ4n) is 3.88. The third-order valence-corrected chi connectivity index (χ3v) is 6.20. The van der Waals surface area contributed by atoms with Crippen molar-refractivity contribution in [1.82, 2.24) is 5.32 Å². The van der Waals surface area contributed by atoms with Crippen molar-refractivity contribution in [3.8, 4) is 0 Å². The largest absolute Gasteiger partial charge is 0.314 e. The fourth-order valence-corrected chi connectivity index (χ4v) is 5.15. The van der Waals surface area contributed by atoms with Gasteiger partial charge >= 0.3 is 0 Å². The van der Waals surface area contributed by atoms with Crippen molar-refractivity contribution in [3.63, 3.8) is 0 Å². The van der Waals surface area contributed by atoms with E-state index in [-0.39, 0.29) is 0 Å². The van der Waals surface area contributed by atoms with Gasteiger partial charge in [0.1, 0.15) is 0 Å². The van der Waals surface area contributed by atoms with Crippen molar-refractivity contribution in [2.75, 3.05) is 12.3 Å². The first-order valence-electron chi connectivity index (χ1n) is 8.33. The van der Waals surface area contributed by atoms with Crippen LogP contribution in [0.2, 0.25) is 0 Å². The highest BCUT2D eigenvalue weighted by molar-refractivity contribution is 7.99. The zero-order valence-corrected chi connectivity index (χ0v) is 13.4. The van der Waals surface area contributed by atoms with E-state index in [9.17, 15) is 0 Å². The number of thioether (sulfide) groups is 1. The highest BCUT2D eigenvalue weighted by Gasteiger charge is 2.30. The molecular weight excluding hydrogens is 262 g/mol. The molecule has 2 aliphatic rings. The lowest BCUT2D eigenvalue weighted by atomic mass is 9.78. The maximum absolute atomic E-state index is 3.81. The van der Waals surface area contributed by atoms with Crippen LogP contribution in [-0.2, 0) is 0 Å². The summed E-state index contributed by atoms with van der Waals surface area (Å²) in [6, 6.07) is 9.83. The summed E-state index contributed by atoms with van der Waals surface area (Å²) < 4.78 is 0. The van der Waals surface area contributed by atoms with Crippen LogP contribution in [0.15, 0.2) is 29.2 Å². The zero-order valence-electron chi connectivity index (χ0n) is 12.6. The lowest BCUT2D eigenvalue weighted by Gasteiger charge is -2.34. The first-order chi connectivity index (χ1) is 9.88. The molecule has 20 heavy (non-hydrogen) atoms. The van der Waals surface area contributed by atoms with Crippen LogP contribution in [0.3, 0.4) is 0 Å². The Kier molecular flexibility index (Phi) is 5.06. The van der Waals surface area contributed by atoms with E-state index in [2.05, 4.69) is 48.3 Å². The molecule has 0 amide bonds. The molecule has 0 aromatic heterocycles. The monoisotopic (exact) mass is 289 g/mol. The molecule has 0 radical (unpaired) electrons. The molecule has 0 saturated heterocycles. The van der Waals surface area contributed by atoms with Gasteiger partial charge in [0.05, 0.1) is 0 Å². The number of fused-ring (bicyclic) bond motifs is 1. The topological polar surface area (TPSA) is 12.0 Å². The van der Waals surface area contributed by atoms with Gasteiger partial charge in [-0.1, -0.05) is 38.0 Å². The number of hydrogen-bond acceptors (Lipinski definition) is 2. The molecule has 1 fully saturated rings. The second-order valence-corrected chi connectivity index (χ2v) is 7.45. The number of rotatable bonds is 5. The van der Waals surface area contributed by atoms with Crippen LogP contribution in [0.4, 0.5) is 0 Å². The molecule has 0 bridgehead atoms. The van der Waals surface area contributed by atoms with E-state index in [1.165, 1.54) is 55.7 Å². The van der Waals surface area contributed by atoms with Crippen molar-refractivity contribution in [1.29, 1.82) is 0 Å². The van der Waals surface area contributed by atoms with Gasteiger partial charge in [-0.05, 0) is 55.7 Å². The summed E-state index contributed by atoms with van der Waals surface area (Å²) in [5, 5.41) is 3.81. The van der Waals surface area contributed by atoms with Crippen molar-refractivity contribution in [2.45, 2.75) is 62.3 Å². The van der Waals surface area contributed by atoms with E-state index >= 15 is 0 Å². The summed E-state index contributed by atoms with van der Waals surface area (Å²) in [6.45, 7) is 3.46. The molecule has 1 aliphatic heterocycles. The standard InChI is InChI=1S/C18H27NS/c1-2-11-19-17-9-5-3-7-14(17)12-15-13-20-18-10-6-4-8-16(15)18/h4,6,8,10,14-15,17,19H,2-3,5,7,9,11-13H2,1H3. The maximum atomic E-state index is 3.81. The number of hydrogen-bond donors (Lipinski definition) is 1. The minimum absolute atomic E-state index is 0.779. The molecule has 1 aromatic carbocycles. The van der Waals surface area contributed by atoms with Crippen LogP contribution in [0.25, 0.3) is 0 Å². The normalized spacial score (nSPS) is 29.4. The molecule has 110 valence electrons. The Balaban J connectivity index is 1.64. The molecule has 3 atom stereocenters. The van der Waals surface area contributed by atoms with Crippen LogP contribution in [0.1, 0.15) is 56.9 Å². The second kappa shape index (κ2) is 7.00. The molecule has 0 spiro atoms. The quantitative estimate of drug-likeness (QED) is 0.833. The fraction of sp³-hybridized carbons (Fsp3) is 0.667. The number of nitrogens with one attached hydrogen (secondary N) is 1. The van der Waals surface area contributed by atoms with Gasteiger partial charge in [0.2, 0.25) is 0 Å². The Morgan fingerprint density at radius 2 is 2.05 bits per heavy atom. The lowest BCUT2D eigenvalue weighted by molar-refractivity contribution is 0.241. The zero-order chi connectivity index (χ0) is 13.8. The summed E-state index contributed by atoms with van der Waals surface area (Å²) in [5.41, 5.74) is 1.62. The van der Waals surface area contributed by atoms with Gasteiger partial charge in [0.25, 0.3) is 0 Å². The molecule has 1 aromatic rings. The SMILES string of the molecule is CCCNC1CCCCC1CC1CSc2ccccc21. The van der Waals surface area contributed by atoms with Crippen molar-refractivity contribution >= 4 is 11.8 Å². The minimum atomic E-state index is 0.779. The number of benzene rings is 1. The predicted octanol–water partition coefficient (Wildman–Crippen LogP) is 4.82. The van der Waals surface area contributed by atoms with Crippen molar-refractivity contribution in [2.24, 2.45) is 5.92 Å². The van der Waals surface area contributed by atoms with Crippen LogP contribution in [-0.4, -0.2) is 18.3 Å². The minimum Gasteiger partial charge on any atom is -0.314 e. The van der Waals surface area contributed by atoms with Gasteiger partial charge in [0, 0.05) is 16.7 Å². The van der Waals surface area contributed by atoms with Crippen molar-refractivity contribution < 1.29 is 0 Å². The Morgan fingerprint density at radius 1 is 1.20 bits per heavy atom. The van der Waals surface area contributed by atoms with Crippen LogP contribution >= 0.6 is 11.8 Å². The highest BCUT2D eigenvalue weighted by atomic mass is 32.2. The van der Waals surface area contributed by atoms with E-state index < -0.39 is 0 Å². The Morgan fingerprint density at radius 3 is 2.95 bits per heavy atom. The Labute approximate surface area is 127 Å². The summed E-state index contributed by atoms with van der Waals surface area (Å²) >= 11 is 2.06. The predicted molar refractivity (Wildman–Crippen MR) is 88.6 cm³/mol. The summed E-state index contributed by atoms with van der Waals surface area (Å²) in [6.07, 6.45) is 8.35. The molecule has 3 unspecified atom stereocenters. The third kappa shape index (κ3) is 3.23. The van der Waals surface area contributed by atoms with E-state index in [0.717, 1.165) is 17.9 Å². The molecule has 1 nitrogen and oxygen atoms in total. The molecule has 1 aliphatic carbocycles. The summed E-state index contributed by atoms with van der Waals surface area (Å²) in [7, 11) is 0. The Bertz CT molecular complexity index is 431. The first-order valence-corrected chi connectivity index (χ1v) is 9.32. The third-order valence-electron chi connectivity index (χ3n) is 4.95. The lowest BCUT2D eigenvalue weighted by Crippen LogP contribution is -2.39. The highest BCUT2D eigenvalue weighted by Crippen LogP contribution is 2.44. The smallest absolute Gasteiger partial charge is 0.0107 e. The Hall–Kier alpha value is -0.470. The van der Waals surface area contributed by atoms with Gasteiger partial charge in [-0.2, -0.15) is 0 Å². The van der Waals surface area contributed by atoms with Gasteiger partial charge < -0.3 is 5.32 Å². The van der Waals surface area contributed by atoms with Gasteiger partial charge in [-0.15, -0.1) is 11.8 Å². The first kappa shape index (κ1) is 14.5. The van der Waals surface area contributed by atoms with Gasteiger partial charge in [-0.3, -0.25) is 0 Å². The molecular formula is C18H27NS. The summed E-state index contributed by atoms with van der Waals surface area (Å²) in [4.78, 5) is 1.53. The molecule has 1 saturated carbocycles. The van der Waals surface area contributed by atoms with Crippen molar-refractivity contribution in [3.05, 3.63) is 29.8 Å². The van der Waals surface area contributed by atoms with E-state index in [0.29, 0.717) is 0 Å². The van der Waals surface area contributed by atoms with Crippen LogP contribution in [0, 0.1) is 5.92 Å². The second-order valence-electron chi connectivity index (χ2n) is 6.39. The van der Waals surface area contributed by atoms with E-state index in [1.807, 2.05) is 0 Å². The van der Waals surface area contributed by atoms with Crippen LogP contribution < -0.4 is 5.32 Å². The molecule has 1 N–H and O–H groups in total. The van der Waals surface area contributed by atoms with Gasteiger partial charge in [0.15, 0.2) is 0 Å². The molecule has 2 heteroatoms. The average molecular weight is 289 g/mol. The molecule has 3 rings (SSSR count). The molecule has 1 heterocycles. The maximum Gasteiger partial charge on any atom is 0.0107 e. The van der Waals surface area contributed by atoms with E-state index in [1.54, 1.807) is 5.56 Å². The average Bonchev–Trinajstić information content (AvgIpc) is 2.90. The summed E-state index contributed by atoms with van der Waals surface area (Å²) in [5.74, 6) is 2.99. The van der Waals surface area contributed by atoms with E-state index in [4.69, 9.17) is 0 Å². The van der Waals surface area contributed by atoms with Gasteiger partial charge in [-0.25, -0.2) is 0 Å².